The van der Waals surface area contributed by atoms with E-state index in [-0.39, 0.29) is 22.2 Å². The fourth-order valence-electron chi connectivity index (χ4n) is 1.75. The molecule has 2 aromatic rings. The first-order chi connectivity index (χ1) is 9.54. The number of rotatable bonds is 5. The van der Waals surface area contributed by atoms with E-state index in [1.165, 1.54) is 12.1 Å². The van der Waals surface area contributed by atoms with Crippen LogP contribution < -0.4 is 4.74 Å². The van der Waals surface area contributed by atoms with Gasteiger partial charge in [-0.25, -0.2) is 0 Å². The zero-order valence-corrected chi connectivity index (χ0v) is 12.0. The minimum absolute atomic E-state index is 0.0977. The molecule has 5 heteroatoms. The number of benzene rings is 2. The maximum Gasteiger partial charge on any atom is 0.306 e. The largest absolute Gasteiger partial charge is 0.485 e. The number of halogens is 4. The smallest absolute Gasteiger partial charge is 0.306 e. The molecule has 0 aromatic heterocycles. The van der Waals surface area contributed by atoms with E-state index in [2.05, 4.69) is 0 Å². The molecule has 2 rings (SSSR count). The summed E-state index contributed by atoms with van der Waals surface area (Å²) in [6.07, 6.45) is 0. The molecule has 0 spiro atoms. The van der Waals surface area contributed by atoms with Gasteiger partial charge in [0.15, 0.2) is 6.61 Å². The van der Waals surface area contributed by atoms with Gasteiger partial charge < -0.3 is 4.74 Å². The van der Waals surface area contributed by atoms with Crippen LogP contribution in [0, 0.1) is 0 Å². The fourth-order valence-corrected chi connectivity index (χ4v) is 2.21. The summed E-state index contributed by atoms with van der Waals surface area (Å²) < 4.78 is 33.2. The molecule has 0 N–H and O–H groups in total. The van der Waals surface area contributed by atoms with Crippen LogP contribution in [0.3, 0.4) is 0 Å². The minimum atomic E-state index is -3.09. The third-order valence-electron chi connectivity index (χ3n) is 2.79. The molecule has 0 atom stereocenters. The van der Waals surface area contributed by atoms with Gasteiger partial charge in [-0.05, 0) is 6.07 Å². The Balaban J connectivity index is 2.17. The van der Waals surface area contributed by atoms with Crippen molar-refractivity contribution in [2.75, 3.05) is 6.61 Å². The average molecular weight is 317 g/mol. The van der Waals surface area contributed by atoms with Gasteiger partial charge in [0.05, 0.1) is 10.9 Å². The molecule has 0 aliphatic carbocycles. The molecule has 2 aromatic carbocycles. The number of hydrogen-bond donors (Lipinski definition) is 0. The Morgan fingerprint density at radius 3 is 2.35 bits per heavy atom. The van der Waals surface area contributed by atoms with E-state index < -0.39 is 12.5 Å². The van der Waals surface area contributed by atoms with Crippen LogP contribution in [0.1, 0.15) is 11.1 Å². The molecular weight excluding hydrogens is 305 g/mol. The standard InChI is InChI=1S/C15H12Cl2F2O/c16-9-11-5-4-8-13(17)14(11)20-10-15(18,19)12-6-2-1-3-7-12/h1-8H,9-10H2. The van der Waals surface area contributed by atoms with Crippen molar-refractivity contribution < 1.29 is 13.5 Å². The van der Waals surface area contributed by atoms with Crippen molar-refractivity contribution in [3.8, 4) is 5.75 Å². The topological polar surface area (TPSA) is 9.23 Å². The van der Waals surface area contributed by atoms with Crippen LogP contribution in [0.15, 0.2) is 48.5 Å². The van der Waals surface area contributed by atoms with Crippen LogP contribution in [-0.2, 0) is 11.8 Å². The maximum absolute atomic E-state index is 14.0. The van der Waals surface area contributed by atoms with E-state index in [0.29, 0.717) is 5.56 Å². The second-order valence-corrected chi connectivity index (χ2v) is 4.90. The van der Waals surface area contributed by atoms with Crippen molar-refractivity contribution in [3.63, 3.8) is 0 Å². The summed E-state index contributed by atoms with van der Waals surface area (Å²) in [5.41, 5.74) is 0.488. The molecule has 0 bridgehead atoms. The second-order valence-electron chi connectivity index (χ2n) is 4.22. The Morgan fingerprint density at radius 1 is 1.00 bits per heavy atom. The maximum atomic E-state index is 14.0. The molecule has 0 amide bonds. The average Bonchev–Trinajstić information content (AvgIpc) is 2.46. The molecule has 0 saturated carbocycles. The van der Waals surface area contributed by atoms with Gasteiger partial charge in [0.2, 0.25) is 0 Å². The van der Waals surface area contributed by atoms with E-state index in [0.717, 1.165) is 0 Å². The predicted octanol–water partition coefficient (Wildman–Crippen LogP) is 5.25. The monoisotopic (exact) mass is 316 g/mol. The van der Waals surface area contributed by atoms with Gasteiger partial charge in [-0.15, -0.1) is 11.6 Å². The first-order valence-corrected chi connectivity index (χ1v) is 6.85. The first kappa shape index (κ1) is 15.1. The summed E-state index contributed by atoms with van der Waals surface area (Å²) in [6, 6.07) is 12.5. The van der Waals surface area contributed by atoms with E-state index >= 15 is 0 Å². The van der Waals surface area contributed by atoms with Crippen LogP contribution in [0.25, 0.3) is 0 Å². The number of hydrogen-bond acceptors (Lipinski definition) is 1. The molecule has 20 heavy (non-hydrogen) atoms. The fraction of sp³-hybridized carbons (Fsp3) is 0.200. The van der Waals surface area contributed by atoms with Gasteiger partial charge in [0.25, 0.3) is 0 Å². The summed E-state index contributed by atoms with van der Waals surface area (Å²) in [6.45, 7) is -0.787. The third-order valence-corrected chi connectivity index (χ3v) is 3.37. The molecule has 0 fully saturated rings. The molecular formula is C15H12Cl2F2O. The molecule has 0 heterocycles. The molecule has 0 radical (unpaired) electrons. The lowest BCUT2D eigenvalue weighted by molar-refractivity contribution is -0.0468. The van der Waals surface area contributed by atoms with Crippen molar-refractivity contribution in [2.24, 2.45) is 0 Å². The number of ether oxygens (including phenoxy) is 1. The highest BCUT2D eigenvalue weighted by Crippen LogP contribution is 2.33. The Labute approximate surface area is 126 Å². The van der Waals surface area contributed by atoms with E-state index in [1.807, 2.05) is 0 Å². The van der Waals surface area contributed by atoms with Crippen molar-refractivity contribution in [3.05, 3.63) is 64.7 Å². The zero-order valence-electron chi connectivity index (χ0n) is 10.5. The Kier molecular flexibility index (Phi) is 4.84. The van der Waals surface area contributed by atoms with Crippen LogP contribution in [0.4, 0.5) is 8.78 Å². The molecule has 106 valence electrons. The predicted molar refractivity (Wildman–Crippen MR) is 76.8 cm³/mol. The van der Waals surface area contributed by atoms with Gasteiger partial charge >= 0.3 is 5.92 Å². The normalized spacial score (nSPS) is 11.4. The van der Waals surface area contributed by atoms with E-state index in [4.69, 9.17) is 27.9 Å². The molecule has 0 aliphatic heterocycles. The van der Waals surface area contributed by atoms with Gasteiger partial charge in [-0.1, -0.05) is 54.1 Å². The highest BCUT2D eigenvalue weighted by Gasteiger charge is 2.32. The lowest BCUT2D eigenvalue weighted by Crippen LogP contribution is -2.23. The van der Waals surface area contributed by atoms with Crippen LogP contribution >= 0.6 is 23.2 Å². The summed E-state index contributed by atoms with van der Waals surface area (Å²) in [7, 11) is 0. The third kappa shape index (κ3) is 3.41. The molecule has 0 aliphatic rings. The molecule has 1 nitrogen and oxygen atoms in total. The molecule has 0 unspecified atom stereocenters. The Morgan fingerprint density at radius 2 is 1.70 bits per heavy atom. The van der Waals surface area contributed by atoms with Crippen molar-refractivity contribution in [1.29, 1.82) is 0 Å². The summed E-state index contributed by atoms with van der Waals surface area (Å²) in [5.74, 6) is -2.74. The van der Waals surface area contributed by atoms with Gasteiger partial charge in [0.1, 0.15) is 5.75 Å². The number of para-hydroxylation sites is 1. The Hall–Kier alpha value is -1.32. The van der Waals surface area contributed by atoms with E-state index in [1.54, 1.807) is 36.4 Å². The summed E-state index contributed by atoms with van der Waals surface area (Å²) >= 11 is 11.7. The van der Waals surface area contributed by atoms with Crippen LogP contribution in [0.5, 0.6) is 5.75 Å². The summed E-state index contributed by atoms with van der Waals surface area (Å²) in [5, 5.41) is 0.270. The van der Waals surface area contributed by atoms with Crippen molar-refractivity contribution in [2.45, 2.75) is 11.8 Å². The van der Waals surface area contributed by atoms with E-state index in [9.17, 15) is 8.78 Å². The zero-order chi connectivity index (χ0) is 14.6. The van der Waals surface area contributed by atoms with Gasteiger partial charge in [0, 0.05) is 11.1 Å². The molecule has 0 saturated heterocycles. The quantitative estimate of drug-likeness (QED) is 0.684. The SMILES string of the molecule is FC(F)(COc1c(Cl)cccc1CCl)c1ccccc1. The van der Waals surface area contributed by atoms with Crippen molar-refractivity contribution >= 4 is 23.2 Å². The van der Waals surface area contributed by atoms with Gasteiger partial charge in [-0.2, -0.15) is 8.78 Å². The number of alkyl halides is 3. The lowest BCUT2D eigenvalue weighted by atomic mass is 10.1. The van der Waals surface area contributed by atoms with Crippen molar-refractivity contribution in [1.82, 2.24) is 0 Å². The highest BCUT2D eigenvalue weighted by atomic mass is 35.5. The van der Waals surface area contributed by atoms with Gasteiger partial charge in [-0.3, -0.25) is 0 Å². The van der Waals surface area contributed by atoms with Crippen LogP contribution in [0.2, 0.25) is 5.02 Å². The first-order valence-electron chi connectivity index (χ1n) is 5.94. The highest BCUT2D eigenvalue weighted by molar-refractivity contribution is 6.32. The second kappa shape index (κ2) is 6.42. The Bertz CT molecular complexity index is 573. The van der Waals surface area contributed by atoms with Crippen LogP contribution in [-0.4, -0.2) is 6.61 Å². The lowest BCUT2D eigenvalue weighted by Gasteiger charge is -2.19. The summed E-state index contributed by atoms with van der Waals surface area (Å²) in [4.78, 5) is 0. The minimum Gasteiger partial charge on any atom is -0.485 e.